The summed E-state index contributed by atoms with van der Waals surface area (Å²) < 4.78 is 22.2. The summed E-state index contributed by atoms with van der Waals surface area (Å²) in [5.41, 5.74) is 7.05. The fraction of sp³-hybridized carbons (Fsp3) is 0.455. The van der Waals surface area contributed by atoms with Crippen molar-refractivity contribution in [3.05, 3.63) is 12.1 Å². The molecule has 0 aliphatic heterocycles. The maximum atomic E-state index is 11.9. The van der Waals surface area contributed by atoms with Crippen LogP contribution < -0.4 is 20.5 Å². The van der Waals surface area contributed by atoms with Crippen molar-refractivity contribution < 1.29 is 13.9 Å². The molecule has 0 spiro atoms. The summed E-state index contributed by atoms with van der Waals surface area (Å²) in [6.07, 6.45) is 0.467. The standard InChI is InChI=1S/C11H17FN2O2/c1-15-9-6-8(14-5-3-4-12)7-10(16-2)11(9)13/h6-7,14H,3-5,13H2,1-2H3. The van der Waals surface area contributed by atoms with Crippen LogP contribution in [0.5, 0.6) is 11.5 Å². The number of rotatable bonds is 6. The van der Waals surface area contributed by atoms with Gasteiger partial charge in [0.1, 0.15) is 17.2 Å². The third-order valence-electron chi connectivity index (χ3n) is 2.18. The number of hydrogen-bond donors (Lipinski definition) is 2. The average Bonchev–Trinajstić information content (AvgIpc) is 2.31. The molecule has 0 heterocycles. The number of ether oxygens (including phenoxy) is 2. The first kappa shape index (κ1) is 12.4. The lowest BCUT2D eigenvalue weighted by Crippen LogP contribution is -2.04. The van der Waals surface area contributed by atoms with E-state index in [4.69, 9.17) is 15.2 Å². The molecule has 0 aliphatic rings. The second-order valence-electron chi connectivity index (χ2n) is 3.26. The number of nitrogens with one attached hydrogen (secondary N) is 1. The zero-order valence-corrected chi connectivity index (χ0v) is 9.55. The SMILES string of the molecule is COc1cc(NCCCF)cc(OC)c1N. The molecule has 0 aliphatic carbocycles. The van der Waals surface area contributed by atoms with Crippen LogP contribution in [-0.2, 0) is 0 Å². The first-order valence-electron chi connectivity index (χ1n) is 5.04. The van der Waals surface area contributed by atoms with Gasteiger partial charge in [0, 0.05) is 24.4 Å². The highest BCUT2D eigenvalue weighted by atomic mass is 19.1. The Morgan fingerprint density at radius 2 is 1.81 bits per heavy atom. The van der Waals surface area contributed by atoms with Crippen LogP contribution in [0, 0.1) is 0 Å². The Hall–Kier alpha value is -1.65. The third-order valence-corrected chi connectivity index (χ3v) is 2.18. The third kappa shape index (κ3) is 2.92. The molecule has 0 saturated heterocycles. The number of hydrogen-bond acceptors (Lipinski definition) is 4. The van der Waals surface area contributed by atoms with E-state index in [1.165, 1.54) is 14.2 Å². The van der Waals surface area contributed by atoms with Crippen molar-refractivity contribution in [1.29, 1.82) is 0 Å². The summed E-state index contributed by atoms with van der Waals surface area (Å²) in [6.45, 7) is 0.225. The molecule has 90 valence electrons. The Kier molecular flexibility index (Phi) is 4.69. The molecular weight excluding hydrogens is 211 g/mol. The summed E-state index contributed by atoms with van der Waals surface area (Å²) in [7, 11) is 3.08. The van der Waals surface area contributed by atoms with E-state index < -0.39 is 0 Å². The molecule has 0 bridgehead atoms. The molecular formula is C11H17FN2O2. The van der Waals surface area contributed by atoms with Gasteiger partial charge in [-0.15, -0.1) is 0 Å². The highest BCUT2D eigenvalue weighted by Gasteiger charge is 2.08. The summed E-state index contributed by atoms with van der Waals surface area (Å²) in [5.74, 6) is 1.09. The van der Waals surface area contributed by atoms with Gasteiger partial charge in [-0.25, -0.2) is 0 Å². The van der Waals surface area contributed by atoms with Gasteiger partial charge in [-0.3, -0.25) is 4.39 Å². The predicted molar refractivity (Wildman–Crippen MR) is 63.0 cm³/mol. The smallest absolute Gasteiger partial charge is 0.147 e. The van der Waals surface area contributed by atoms with Crippen LogP contribution in [0.25, 0.3) is 0 Å². The molecule has 0 radical (unpaired) electrons. The van der Waals surface area contributed by atoms with E-state index in [2.05, 4.69) is 5.32 Å². The van der Waals surface area contributed by atoms with Gasteiger partial charge in [-0.2, -0.15) is 0 Å². The Balaban J connectivity index is 2.84. The minimum absolute atomic E-state index is 0.337. The normalized spacial score (nSPS) is 9.94. The second kappa shape index (κ2) is 6.05. The van der Waals surface area contributed by atoms with Gasteiger partial charge in [0.15, 0.2) is 0 Å². The minimum Gasteiger partial charge on any atom is -0.494 e. The van der Waals surface area contributed by atoms with Crippen molar-refractivity contribution in [3.8, 4) is 11.5 Å². The maximum absolute atomic E-state index is 11.9. The van der Waals surface area contributed by atoms with Crippen molar-refractivity contribution in [2.45, 2.75) is 6.42 Å². The Bertz CT molecular complexity index is 320. The molecule has 1 aromatic rings. The lowest BCUT2D eigenvalue weighted by atomic mass is 10.2. The summed E-state index contributed by atoms with van der Waals surface area (Å²) >= 11 is 0. The van der Waals surface area contributed by atoms with Gasteiger partial charge in [-0.1, -0.05) is 0 Å². The molecule has 16 heavy (non-hydrogen) atoms. The van der Waals surface area contributed by atoms with Crippen molar-refractivity contribution in [2.75, 3.05) is 38.5 Å². The monoisotopic (exact) mass is 228 g/mol. The van der Waals surface area contributed by atoms with Gasteiger partial charge >= 0.3 is 0 Å². The Morgan fingerprint density at radius 3 is 2.25 bits per heavy atom. The van der Waals surface area contributed by atoms with Crippen LogP contribution in [-0.4, -0.2) is 27.4 Å². The van der Waals surface area contributed by atoms with Crippen molar-refractivity contribution >= 4 is 11.4 Å². The van der Waals surface area contributed by atoms with E-state index in [0.29, 0.717) is 30.2 Å². The average molecular weight is 228 g/mol. The van der Waals surface area contributed by atoms with Crippen LogP contribution in [0.4, 0.5) is 15.8 Å². The van der Waals surface area contributed by atoms with Gasteiger partial charge in [-0.05, 0) is 6.42 Å². The zero-order valence-electron chi connectivity index (χ0n) is 9.55. The number of methoxy groups -OCH3 is 2. The lowest BCUT2D eigenvalue weighted by Gasteiger charge is -2.13. The fourth-order valence-electron chi connectivity index (χ4n) is 1.34. The van der Waals surface area contributed by atoms with Gasteiger partial charge in [0.25, 0.3) is 0 Å². The van der Waals surface area contributed by atoms with Crippen molar-refractivity contribution in [1.82, 2.24) is 0 Å². The first-order chi connectivity index (χ1) is 7.72. The number of anilines is 2. The Labute approximate surface area is 94.5 Å². The van der Waals surface area contributed by atoms with E-state index in [9.17, 15) is 4.39 Å². The number of halogens is 1. The number of benzene rings is 1. The van der Waals surface area contributed by atoms with Gasteiger partial charge < -0.3 is 20.5 Å². The van der Waals surface area contributed by atoms with Gasteiger partial charge in [0.05, 0.1) is 20.9 Å². The van der Waals surface area contributed by atoms with Crippen LogP contribution in [0.2, 0.25) is 0 Å². The highest BCUT2D eigenvalue weighted by molar-refractivity contribution is 5.69. The van der Waals surface area contributed by atoms with Crippen molar-refractivity contribution in [2.24, 2.45) is 0 Å². The minimum atomic E-state index is -0.337. The van der Waals surface area contributed by atoms with E-state index >= 15 is 0 Å². The molecule has 0 amide bonds. The fourth-order valence-corrected chi connectivity index (χ4v) is 1.34. The first-order valence-corrected chi connectivity index (χ1v) is 5.04. The second-order valence-corrected chi connectivity index (χ2v) is 3.26. The van der Waals surface area contributed by atoms with E-state index in [1.807, 2.05) is 0 Å². The van der Waals surface area contributed by atoms with Crippen LogP contribution in [0.15, 0.2) is 12.1 Å². The Morgan fingerprint density at radius 1 is 1.25 bits per heavy atom. The molecule has 0 aromatic heterocycles. The number of alkyl halides is 1. The molecule has 3 N–H and O–H groups in total. The van der Waals surface area contributed by atoms with Crippen molar-refractivity contribution in [3.63, 3.8) is 0 Å². The molecule has 1 aromatic carbocycles. The molecule has 0 saturated carbocycles. The molecule has 0 atom stereocenters. The highest BCUT2D eigenvalue weighted by Crippen LogP contribution is 2.35. The van der Waals surface area contributed by atoms with Crippen LogP contribution >= 0.6 is 0 Å². The topological polar surface area (TPSA) is 56.5 Å². The summed E-state index contributed by atoms with van der Waals surface area (Å²) in [4.78, 5) is 0. The molecule has 4 nitrogen and oxygen atoms in total. The quantitative estimate of drug-likeness (QED) is 0.578. The maximum Gasteiger partial charge on any atom is 0.147 e. The summed E-state index contributed by atoms with van der Waals surface area (Å²) in [5, 5.41) is 3.07. The molecule has 0 unspecified atom stereocenters. The van der Waals surface area contributed by atoms with E-state index in [0.717, 1.165) is 5.69 Å². The number of nitrogens with two attached hydrogens (primary N) is 1. The largest absolute Gasteiger partial charge is 0.494 e. The molecule has 5 heteroatoms. The lowest BCUT2D eigenvalue weighted by molar-refractivity contribution is 0.398. The summed E-state index contributed by atoms with van der Waals surface area (Å²) in [6, 6.07) is 3.52. The van der Waals surface area contributed by atoms with Gasteiger partial charge in [0.2, 0.25) is 0 Å². The molecule has 1 rings (SSSR count). The number of nitrogen functional groups attached to an aromatic ring is 1. The predicted octanol–water partition coefficient (Wildman–Crippen LogP) is 2.06. The zero-order chi connectivity index (χ0) is 12.0. The van der Waals surface area contributed by atoms with E-state index in [1.54, 1.807) is 12.1 Å². The molecule has 0 fully saturated rings. The van der Waals surface area contributed by atoms with Crippen LogP contribution in [0.3, 0.4) is 0 Å². The van der Waals surface area contributed by atoms with Crippen LogP contribution in [0.1, 0.15) is 6.42 Å². The van der Waals surface area contributed by atoms with E-state index in [-0.39, 0.29) is 6.67 Å².